The number of para-hydroxylation sites is 1. The smallest absolute Gasteiger partial charge is 0.323 e. The maximum absolute atomic E-state index is 5.88. The lowest BCUT2D eigenvalue weighted by molar-refractivity contribution is 0.295. The second kappa shape index (κ2) is 12.5. The number of anilines is 2. The van der Waals surface area contributed by atoms with E-state index in [0.717, 1.165) is 54.4 Å². The molecular weight excluding hydrogens is 440 g/mol. The van der Waals surface area contributed by atoms with E-state index < -0.39 is 0 Å². The van der Waals surface area contributed by atoms with Crippen LogP contribution in [0.5, 0.6) is 6.01 Å². The highest BCUT2D eigenvalue weighted by atomic mass is 16.5. The van der Waals surface area contributed by atoms with Crippen LogP contribution in [0.15, 0.2) is 60.1 Å². The highest BCUT2D eigenvalue weighted by molar-refractivity contribution is 5.99. The summed E-state index contributed by atoms with van der Waals surface area (Å²) in [6, 6.07) is 12.3. The summed E-state index contributed by atoms with van der Waals surface area (Å²) in [7, 11) is 0. The van der Waals surface area contributed by atoms with Crippen molar-refractivity contribution < 1.29 is 4.74 Å². The van der Waals surface area contributed by atoms with Crippen LogP contribution in [0.3, 0.4) is 0 Å². The Morgan fingerprint density at radius 2 is 1.91 bits per heavy atom. The lowest BCUT2D eigenvalue weighted by Crippen LogP contribution is -2.31. The maximum Gasteiger partial charge on any atom is 0.323 e. The molecule has 5 rings (SSSR count). The van der Waals surface area contributed by atoms with Crippen molar-refractivity contribution in [3.05, 3.63) is 66.1 Å². The fourth-order valence-electron chi connectivity index (χ4n) is 3.86. The van der Waals surface area contributed by atoms with Crippen molar-refractivity contribution in [2.75, 3.05) is 30.0 Å². The number of ether oxygens (including phenoxy) is 1. The molecule has 0 aliphatic carbocycles. The minimum Gasteiger partial charge on any atom is -0.463 e. The van der Waals surface area contributed by atoms with Crippen LogP contribution >= 0.6 is 0 Å². The molecular formula is C26H32N8O. The number of benzene rings is 1. The molecule has 0 radical (unpaired) electrons. The largest absolute Gasteiger partial charge is 0.463 e. The van der Waals surface area contributed by atoms with E-state index in [0.29, 0.717) is 24.5 Å². The number of nitrogens with zero attached hydrogens (tertiary/aromatic N) is 6. The van der Waals surface area contributed by atoms with Gasteiger partial charge in [0, 0.05) is 54.6 Å². The van der Waals surface area contributed by atoms with Crippen molar-refractivity contribution in [3.8, 4) is 6.01 Å². The second-order valence-corrected chi connectivity index (χ2v) is 7.91. The summed E-state index contributed by atoms with van der Waals surface area (Å²) in [6.45, 7) is 6.31. The van der Waals surface area contributed by atoms with Crippen LogP contribution < -0.4 is 15.1 Å². The van der Waals surface area contributed by atoms with Gasteiger partial charge in [0.15, 0.2) is 0 Å². The number of rotatable bonds is 8. The maximum atomic E-state index is 5.88. The highest BCUT2D eigenvalue weighted by Crippen LogP contribution is 2.20. The topological polar surface area (TPSA) is 104 Å². The molecule has 0 atom stereocenters. The van der Waals surface area contributed by atoms with Crippen LogP contribution in [0.25, 0.3) is 10.9 Å². The second-order valence-electron chi connectivity index (χ2n) is 7.91. The molecule has 0 bridgehead atoms. The first-order chi connectivity index (χ1) is 17.3. The number of nitrogens with one attached hydrogen (secondary N) is 2. The van der Waals surface area contributed by atoms with E-state index in [2.05, 4.69) is 46.4 Å². The fourth-order valence-corrected chi connectivity index (χ4v) is 3.86. The molecule has 35 heavy (non-hydrogen) atoms. The Hall–Kier alpha value is -4.01. The van der Waals surface area contributed by atoms with Gasteiger partial charge in [0.05, 0.1) is 12.8 Å². The van der Waals surface area contributed by atoms with Crippen molar-refractivity contribution in [2.45, 2.75) is 39.5 Å². The number of hydrogen-bond donors (Lipinski definition) is 2. The molecule has 4 aromatic rings. The Morgan fingerprint density at radius 3 is 2.74 bits per heavy atom. The third-order valence-electron chi connectivity index (χ3n) is 5.58. The molecule has 0 amide bonds. The Labute approximate surface area is 205 Å². The van der Waals surface area contributed by atoms with Crippen molar-refractivity contribution >= 4 is 29.0 Å². The predicted molar refractivity (Wildman–Crippen MR) is 140 cm³/mol. The molecule has 0 spiro atoms. The van der Waals surface area contributed by atoms with Crippen LogP contribution in [0.4, 0.5) is 11.9 Å². The third kappa shape index (κ3) is 6.53. The van der Waals surface area contributed by atoms with Crippen LogP contribution in [0, 0.1) is 0 Å². The van der Waals surface area contributed by atoms with Gasteiger partial charge in [-0.2, -0.15) is 20.1 Å². The number of fused-ring (bicyclic) bond motifs is 1. The Kier molecular flexibility index (Phi) is 8.58. The van der Waals surface area contributed by atoms with E-state index in [4.69, 9.17) is 4.74 Å². The van der Waals surface area contributed by atoms with Gasteiger partial charge in [-0.1, -0.05) is 38.1 Å². The average molecular weight is 473 g/mol. The first-order valence-electron chi connectivity index (χ1n) is 12.2. The summed E-state index contributed by atoms with van der Waals surface area (Å²) in [4.78, 5) is 23.1. The van der Waals surface area contributed by atoms with Crippen LogP contribution in [0.1, 0.15) is 44.2 Å². The van der Waals surface area contributed by atoms with E-state index in [1.807, 2.05) is 56.6 Å². The average Bonchev–Trinajstić information content (AvgIpc) is 3.34. The lowest BCUT2D eigenvalue weighted by Gasteiger charge is -2.26. The number of hydrazone groups is 1. The van der Waals surface area contributed by atoms with Gasteiger partial charge in [-0.3, -0.25) is 4.98 Å². The molecule has 9 nitrogen and oxygen atoms in total. The Morgan fingerprint density at radius 1 is 1.06 bits per heavy atom. The number of aromatic amines is 1. The van der Waals surface area contributed by atoms with Gasteiger partial charge < -0.3 is 14.6 Å². The Balaban J connectivity index is 0.00000141. The van der Waals surface area contributed by atoms with Crippen molar-refractivity contribution in [1.29, 1.82) is 0 Å². The minimum absolute atomic E-state index is 0.291. The van der Waals surface area contributed by atoms with Gasteiger partial charge in [0.1, 0.15) is 0 Å². The molecule has 3 aromatic heterocycles. The zero-order valence-corrected chi connectivity index (χ0v) is 20.3. The highest BCUT2D eigenvalue weighted by Gasteiger charge is 2.17. The van der Waals surface area contributed by atoms with Crippen molar-refractivity contribution in [3.63, 3.8) is 0 Å². The minimum atomic E-state index is 0.291. The van der Waals surface area contributed by atoms with Gasteiger partial charge in [0.2, 0.25) is 5.95 Å². The van der Waals surface area contributed by atoms with Crippen LogP contribution in [-0.4, -0.2) is 50.8 Å². The molecule has 1 fully saturated rings. The number of pyridine rings is 1. The summed E-state index contributed by atoms with van der Waals surface area (Å²) in [5.74, 6) is 0.976. The van der Waals surface area contributed by atoms with E-state index >= 15 is 0 Å². The number of hydrogen-bond acceptors (Lipinski definition) is 8. The van der Waals surface area contributed by atoms with Crippen molar-refractivity contribution in [2.24, 2.45) is 5.10 Å². The number of piperidine rings is 1. The normalized spacial score (nSPS) is 13.5. The molecule has 1 saturated heterocycles. The summed E-state index contributed by atoms with van der Waals surface area (Å²) in [6.07, 6.45) is 11.5. The van der Waals surface area contributed by atoms with E-state index in [9.17, 15) is 0 Å². The van der Waals surface area contributed by atoms with Gasteiger partial charge in [-0.15, -0.1) is 0 Å². The standard InChI is InChI=1S/C24H26N8O.C2H6/c1-4-12-32(13-5-1)23-28-22(29-24(30-23)33-14-10-18-7-6-11-25-15-18)31-27-17-19-16-26-21-9-3-2-8-20(19)21;1-2/h2-3,6-9,11,15-17,26H,1,4-5,10,12-14H2,(H,28,29,30,31);1-2H3/b27-17+;. The van der Waals surface area contributed by atoms with Gasteiger partial charge >= 0.3 is 6.01 Å². The van der Waals surface area contributed by atoms with E-state index in [1.165, 1.54) is 6.42 Å². The molecule has 1 aliphatic rings. The molecule has 0 saturated carbocycles. The quantitative estimate of drug-likeness (QED) is 0.279. The Bertz CT molecular complexity index is 1220. The summed E-state index contributed by atoms with van der Waals surface area (Å²) >= 11 is 0. The first-order valence-corrected chi connectivity index (χ1v) is 12.2. The molecule has 0 unspecified atom stereocenters. The zero-order valence-electron chi connectivity index (χ0n) is 20.3. The fraction of sp³-hybridized carbons (Fsp3) is 0.346. The summed E-state index contributed by atoms with van der Waals surface area (Å²) < 4.78 is 5.88. The lowest BCUT2D eigenvalue weighted by atomic mass is 10.1. The predicted octanol–water partition coefficient (Wildman–Crippen LogP) is 4.83. The van der Waals surface area contributed by atoms with Crippen LogP contribution in [-0.2, 0) is 6.42 Å². The van der Waals surface area contributed by atoms with Crippen molar-refractivity contribution in [1.82, 2.24) is 24.9 Å². The molecule has 9 heteroatoms. The monoisotopic (exact) mass is 472 g/mol. The molecule has 4 heterocycles. The third-order valence-corrected chi connectivity index (χ3v) is 5.58. The number of aromatic nitrogens is 5. The van der Waals surface area contributed by atoms with Crippen LogP contribution in [0.2, 0.25) is 0 Å². The first kappa shape index (κ1) is 24.1. The van der Waals surface area contributed by atoms with E-state index in [-0.39, 0.29) is 0 Å². The van der Waals surface area contributed by atoms with E-state index in [1.54, 1.807) is 12.4 Å². The molecule has 2 N–H and O–H groups in total. The zero-order chi connectivity index (χ0) is 24.3. The SMILES string of the molecule is C(=N\Nc1nc(OCCc2cccnc2)nc(N2CCCCC2)n1)/c1c[nH]c2ccccc12.CC. The molecule has 1 aromatic carbocycles. The van der Waals surface area contributed by atoms with Gasteiger partial charge in [-0.25, -0.2) is 5.43 Å². The summed E-state index contributed by atoms with van der Waals surface area (Å²) in [5.41, 5.74) is 6.10. The molecule has 1 aliphatic heterocycles. The van der Waals surface area contributed by atoms with Gasteiger partial charge in [-0.05, 0) is 37.0 Å². The molecule has 182 valence electrons. The summed E-state index contributed by atoms with van der Waals surface area (Å²) in [5, 5.41) is 5.46. The van der Waals surface area contributed by atoms with Gasteiger partial charge in [0.25, 0.3) is 5.95 Å². The number of H-pyrrole nitrogens is 1.